The summed E-state index contributed by atoms with van der Waals surface area (Å²) in [6.45, 7) is 2.09. The van der Waals surface area contributed by atoms with Gasteiger partial charge in [0.1, 0.15) is 18.1 Å². The number of ether oxygens (including phenoxy) is 2. The molecular weight excluding hydrogens is 429 g/mol. The summed E-state index contributed by atoms with van der Waals surface area (Å²) in [7, 11) is 3.44. The Morgan fingerprint density at radius 3 is 2.24 bits per heavy atom. The van der Waals surface area contributed by atoms with Gasteiger partial charge in [0.05, 0.1) is 13.7 Å². The van der Waals surface area contributed by atoms with Gasteiger partial charge in [-0.25, -0.2) is 0 Å². The molecule has 5 nitrogen and oxygen atoms in total. The molecule has 0 unspecified atom stereocenters. The van der Waals surface area contributed by atoms with E-state index in [0.29, 0.717) is 13.2 Å². The molecule has 0 aliphatic heterocycles. The molecule has 2 aromatic rings. The summed E-state index contributed by atoms with van der Waals surface area (Å²) in [5.41, 5.74) is 1.26. The fourth-order valence-electron chi connectivity index (χ4n) is 2.19. The van der Waals surface area contributed by atoms with Crippen molar-refractivity contribution >= 4 is 29.9 Å². The van der Waals surface area contributed by atoms with Gasteiger partial charge in [-0.05, 0) is 36.2 Å². The largest absolute Gasteiger partial charge is 0.497 e. The minimum absolute atomic E-state index is 0. The van der Waals surface area contributed by atoms with Gasteiger partial charge in [0.15, 0.2) is 5.96 Å². The second kappa shape index (κ2) is 12.4. The van der Waals surface area contributed by atoms with Crippen molar-refractivity contribution in [3.05, 3.63) is 60.2 Å². The lowest BCUT2D eigenvalue weighted by Crippen LogP contribution is -2.40. The number of hydrogen-bond acceptors (Lipinski definition) is 3. The molecule has 0 amide bonds. The second-order valence-corrected chi connectivity index (χ2v) is 5.19. The van der Waals surface area contributed by atoms with Crippen molar-refractivity contribution in [2.45, 2.75) is 6.42 Å². The molecule has 0 saturated carbocycles. The molecular formula is C19H26IN3O2. The summed E-state index contributed by atoms with van der Waals surface area (Å²) < 4.78 is 10.8. The highest BCUT2D eigenvalue weighted by atomic mass is 127. The van der Waals surface area contributed by atoms with Gasteiger partial charge in [0.25, 0.3) is 0 Å². The van der Waals surface area contributed by atoms with E-state index in [1.165, 1.54) is 5.56 Å². The third-order valence-electron chi connectivity index (χ3n) is 3.50. The van der Waals surface area contributed by atoms with Crippen molar-refractivity contribution in [1.29, 1.82) is 0 Å². The van der Waals surface area contributed by atoms with E-state index in [4.69, 9.17) is 9.47 Å². The van der Waals surface area contributed by atoms with Crippen molar-refractivity contribution < 1.29 is 9.47 Å². The summed E-state index contributed by atoms with van der Waals surface area (Å²) in [4.78, 5) is 4.21. The van der Waals surface area contributed by atoms with Crippen LogP contribution in [0.15, 0.2) is 59.6 Å². The Bertz CT molecular complexity index is 618. The van der Waals surface area contributed by atoms with Gasteiger partial charge in [-0.1, -0.05) is 30.3 Å². The molecule has 0 heterocycles. The van der Waals surface area contributed by atoms with Crippen LogP contribution in [0.25, 0.3) is 0 Å². The number of halogens is 1. The number of methoxy groups -OCH3 is 1. The summed E-state index contributed by atoms with van der Waals surface area (Å²) in [5, 5.41) is 6.54. The van der Waals surface area contributed by atoms with Crippen LogP contribution in [0.4, 0.5) is 0 Å². The molecule has 2 rings (SSSR count). The average Bonchev–Trinajstić information content (AvgIpc) is 2.65. The normalized spacial score (nSPS) is 10.6. The first kappa shape index (κ1) is 21.1. The molecule has 0 aromatic heterocycles. The van der Waals surface area contributed by atoms with Crippen LogP contribution >= 0.6 is 24.0 Å². The lowest BCUT2D eigenvalue weighted by molar-refractivity contribution is 0.322. The predicted octanol–water partition coefficient (Wildman–Crippen LogP) is 3.10. The molecule has 0 saturated heterocycles. The fourth-order valence-corrected chi connectivity index (χ4v) is 2.19. The van der Waals surface area contributed by atoms with E-state index >= 15 is 0 Å². The maximum absolute atomic E-state index is 5.64. The first-order chi connectivity index (χ1) is 11.8. The van der Waals surface area contributed by atoms with Crippen molar-refractivity contribution in [1.82, 2.24) is 10.6 Å². The molecule has 0 aliphatic carbocycles. The number of nitrogens with one attached hydrogen (secondary N) is 2. The molecule has 2 N–H and O–H groups in total. The van der Waals surface area contributed by atoms with Gasteiger partial charge in [-0.3, -0.25) is 4.99 Å². The van der Waals surface area contributed by atoms with Crippen LogP contribution in [0.2, 0.25) is 0 Å². The number of aliphatic imine (C=N–C) groups is 1. The van der Waals surface area contributed by atoms with Gasteiger partial charge in [-0.2, -0.15) is 0 Å². The minimum atomic E-state index is 0. The maximum Gasteiger partial charge on any atom is 0.191 e. The van der Waals surface area contributed by atoms with Crippen molar-refractivity contribution in [2.24, 2.45) is 4.99 Å². The smallest absolute Gasteiger partial charge is 0.191 e. The Morgan fingerprint density at radius 2 is 1.60 bits per heavy atom. The van der Waals surface area contributed by atoms with Crippen LogP contribution in [0.5, 0.6) is 11.5 Å². The summed E-state index contributed by atoms with van der Waals surface area (Å²) in [5.74, 6) is 2.53. The molecule has 6 heteroatoms. The second-order valence-electron chi connectivity index (χ2n) is 5.19. The van der Waals surface area contributed by atoms with Gasteiger partial charge >= 0.3 is 0 Å². The molecule has 0 spiro atoms. The van der Waals surface area contributed by atoms with Crippen molar-refractivity contribution in [3.63, 3.8) is 0 Å². The van der Waals surface area contributed by atoms with Crippen molar-refractivity contribution in [3.8, 4) is 11.5 Å². The standard InChI is InChI=1S/C19H25N3O2.HI/c1-20-19(22-14-15-24-18-6-4-3-5-7-18)21-13-12-16-8-10-17(23-2)11-9-16;/h3-11H,12-15H2,1-2H3,(H2,20,21,22);1H. The third kappa shape index (κ3) is 8.11. The molecule has 25 heavy (non-hydrogen) atoms. The highest BCUT2D eigenvalue weighted by Gasteiger charge is 1.99. The van der Waals surface area contributed by atoms with E-state index in [0.717, 1.165) is 30.4 Å². The quantitative estimate of drug-likeness (QED) is 0.278. The van der Waals surface area contributed by atoms with Crippen LogP contribution in [0.3, 0.4) is 0 Å². The highest BCUT2D eigenvalue weighted by molar-refractivity contribution is 14.0. The molecule has 2 aromatic carbocycles. The number of benzene rings is 2. The van der Waals surface area contributed by atoms with Gasteiger partial charge in [0.2, 0.25) is 0 Å². The molecule has 0 aliphatic rings. The summed E-state index contributed by atoms with van der Waals surface area (Å²) in [6.07, 6.45) is 0.922. The Balaban J connectivity index is 0.00000312. The Morgan fingerprint density at radius 1 is 0.920 bits per heavy atom. The van der Waals surface area contributed by atoms with Gasteiger partial charge in [-0.15, -0.1) is 24.0 Å². The van der Waals surface area contributed by atoms with Crippen LogP contribution < -0.4 is 20.1 Å². The van der Waals surface area contributed by atoms with Crippen LogP contribution in [0.1, 0.15) is 5.56 Å². The zero-order chi connectivity index (χ0) is 17.0. The Kier molecular flexibility index (Phi) is 10.5. The van der Waals surface area contributed by atoms with E-state index in [1.807, 2.05) is 42.5 Å². The van der Waals surface area contributed by atoms with Crippen LogP contribution in [-0.2, 0) is 6.42 Å². The lowest BCUT2D eigenvalue weighted by atomic mass is 10.1. The summed E-state index contributed by atoms with van der Waals surface area (Å²) >= 11 is 0. The van der Waals surface area contributed by atoms with E-state index in [2.05, 4.69) is 27.8 Å². The highest BCUT2D eigenvalue weighted by Crippen LogP contribution is 2.11. The van der Waals surface area contributed by atoms with E-state index < -0.39 is 0 Å². The van der Waals surface area contributed by atoms with E-state index in [1.54, 1.807) is 14.2 Å². The minimum Gasteiger partial charge on any atom is -0.497 e. The topological polar surface area (TPSA) is 54.9 Å². The first-order valence-electron chi connectivity index (χ1n) is 8.07. The van der Waals surface area contributed by atoms with Crippen LogP contribution in [-0.4, -0.2) is 39.8 Å². The molecule has 0 bridgehead atoms. The Labute approximate surface area is 166 Å². The molecule has 0 fully saturated rings. The Hall–Kier alpha value is -1.96. The third-order valence-corrected chi connectivity index (χ3v) is 3.50. The monoisotopic (exact) mass is 455 g/mol. The number of nitrogens with zero attached hydrogens (tertiary/aromatic N) is 1. The SMILES string of the molecule is CN=C(NCCOc1ccccc1)NCCc1ccc(OC)cc1.I. The predicted molar refractivity (Wildman–Crippen MR) is 113 cm³/mol. The van der Waals surface area contributed by atoms with Crippen molar-refractivity contribution in [2.75, 3.05) is 33.9 Å². The van der Waals surface area contributed by atoms with Crippen LogP contribution in [0, 0.1) is 0 Å². The number of hydrogen-bond donors (Lipinski definition) is 2. The van der Waals surface area contributed by atoms with Gasteiger partial charge in [0, 0.05) is 13.6 Å². The van der Waals surface area contributed by atoms with Gasteiger partial charge < -0.3 is 20.1 Å². The summed E-state index contributed by atoms with van der Waals surface area (Å²) in [6, 6.07) is 17.9. The lowest BCUT2D eigenvalue weighted by Gasteiger charge is -2.12. The molecule has 0 radical (unpaired) electrons. The number of rotatable bonds is 8. The molecule has 136 valence electrons. The molecule has 0 atom stereocenters. The number of guanidine groups is 1. The average molecular weight is 455 g/mol. The first-order valence-corrected chi connectivity index (χ1v) is 8.07. The zero-order valence-corrected chi connectivity index (χ0v) is 17.0. The zero-order valence-electron chi connectivity index (χ0n) is 14.7. The number of para-hydroxylation sites is 1. The maximum atomic E-state index is 5.64. The van der Waals surface area contributed by atoms with E-state index in [-0.39, 0.29) is 24.0 Å². The van der Waals surface area contributed by atoms with E-state index in [9.17, 15) is 0 Å². The fraction of sp³-hybridized carbons (Fsp3) is 0.316.